The molecule has 0 radical (unpaired) electrons. The van der Waals surface area contributed by atoms with Gasteiger partial charge in [-0.1, -0.05) is 0 Å². The number of hydrogen-bond donors (Lipinski definition) is 1. The number of hydrogen-bond acceptors (Lipinski definition) is 6. The molecular weight excluding hydrogens is 355 g/mol. The van der Waals surface area contributed by atoms with Gasteiger partial charge in [0.05, 0.1) is 23.4 Å². The fourth-order valence-corrected chi connectivity index (χ4v) is 3.89. The quantitative estimate of drug-likeness (QED) is 0.805. The summed E-state index contributed by atoms with van der Waals surface area (Å²) in [5, 5.41) is 7.93. The van der Waals surface area contributed by atoms with Crippen LogP contribution in [0.25, 0.3) is 11.3 Å². The fraction of sp³-hybridized carbons (Fsp3) is 0.600. The second-order valence-corrected chi connectivity index (χ2v) is 9.27. The number of nitrogens with zero attached hydrogens (tertiary/aromatic N) is 3. The lowest BCUT2D eigenvalue weighted by Crippen LogP contribution is -2.41. The third-order valence-corrected chi connectivity index (χ3v) is 6.62. The van der Waals surface area contributed by atoms with Gasteiger partial charge in [0.25, 0.3) is 0 Å². The summed E-state index contributed by atoms with van der Waals surface area (Å²) in [5.41, 5.74) is 2.92. The molecule has 2 fully saturated rings. The molecule has 3 aliphatic rings. The van der Waals surface area contributed by atoms with Gasteiger partial charge in [0.1, 0.15) is 5.60 Å². The molecule has 1 N–H and O–H groups in total. The maximum atomic E-state index is 6.28. The van der Waals surface area contributed by atoms with Crippen LogP contribution < -0.4 is 15.5 Å². The van der Waals surface area contributed by atoms with Crippen molar-refractivity contribution in [3.05, 3.63) is 18.0 Å². The highest BCUT2D eigenvalue weighted by molar-refractivity contribution is 6.63. The Bertz CT molecular complexity index is 949. The van der Waals surface area contributed by atoms with Gasteiger partial charge in [-0.2, -0.15) is 5.10 Å². The second kappa shape index (κ2) is 5.51. The summed E-state index contributed by atoms with van der Waals surface area (Å²) in [6.45, 7) is 11.1. The number of aromatic nitrogens is 3. The molecule has 2 aliphatic heterocycles. The third-order valence-electron chi connectivity index (χ3n) is 6.62. The highest BCUT2D eigenvalue weighted by Gasteiger charge is 2.53. The minimum absolute atomic E-state index is 0.0395. The minimum Gasteiger partial charge on any atom is -0.482 e. The van der Waals surface area contributed by atoms with E-state index < -0.39 is 18.3 Å². The van der Waals surface area contributed by atoms with E-state index in [0.29, 0.717) is 0 Å². The van der Waals surface area contributed by atoms with Gasteiger partial charge in [-0.25, -0.2) is 4.98 Å². The van der Waals surface area contributed by atoms with Gasteiger partial charge in [0.2, 0.25) is 0 Å². The molecule has 1 spiro atoms. The van der Waals surface area contributed by atoms with Crippen LogP contribution in [-0.2, 0) is 16.4 Å². The molecular formula is C20H27BN4O3. The number of fused-ring (bicyclic) bond motifs is 1. The van der Waals surface area contributed by atoms with Gasteiger partial charge < -0.3 is 19.4 Å². The summed E-state index contributed by atoms with van der Waals surface area (Å²) in [6.07, 6.45) is 4.01. The van der Waals surface area contributed by atoms with E-state index in [0.717, 1.165) is 53.4 Å². The van der Waals surface area contributed by atoms with Crippen LogP contribution in [0.15, 0.2) is 12.3 Å². The Labute approximate surface area is 165 Å². The van der Waals surface area contributed by atoms with Crippen molar-refractivity contribution in [1.82, 2.24) is 14.8 Å². The molecule has 7 nitrogen and oxygen atoms in total. The van der Waals surface area contributed by atoms with Gasteiger partial charge in [-0.3, -0.25) is 4.68 Å². The van der Waals surface area contributed by atoms with Crippen molar-refractivity contribution in [2.45, 2.75) is 64.3 Å². The van der Waals surface area contributed by atoms with Crippen molar-refractivity contribution in [1.29, 1.82) is 0 Å². The first kappa shape index (κ1) is 18.0. The first-order chi connectivity index (χ1) is 13.1. The van der Waals surface area contributed by atoms with Crippen LogP contribution in [0.5, 0.6) is 5.75 Å². The Morgan fingerprint density at radius 2 is 1.82 bits per heavy atom. The first-order valence-corrected chi connectivity index (χ1v) is 9.93. The zero-order valence-electron chi connectivity index (χ0n) is 17.4. The van der Waals surface area contributed by atoms with Gasteiger partial charge in [-0.15, -0.1) is 0 Å². The summed E-state index contributed by atoms with van der Waals surface area (Å²) in [6, 6.07) is 2.08. The van der Waals surface area contributed by atoms with Gasteiger partial charge in [0.15, 0.2) is 11.6 Å². The van der Waals surface area contributed by atoms with Gasteiger partial charge in [-0.05, 0) is 53.5 Å². The molecule has 0 amide bonds. The van der Waals surface area contributed by atoms with E-state index in [1.54, 1.807) is 0 Å². The SMILES string of the molecule is Cc1nc2c(cc1-c1c(B3OC(C)(C)C(C)(C)O3)cnn1C)OC1(CC1)CN2. The van der Waals surface area contributed by atoms with E-state index in [1.807, 2.05) is 24.9 Å². The van der Waals surface area contributed by atoms with E-state index in [-0.39, 0.29) is 5.60 Å². The Morgan fingerprint density at radius 3 is 2.46 bits per heavy atom. The molecule has 8 heteroatoms. The highest BCUT2D eigenvalue weighted by Crippen LogP contribution is 2.46. The minimum atomic E-state index is -0.474. The predicted molar refractivity (Wildman–Crippen MR) is 108 cm³/mol. The summed E-state index contributed by atoms with van der Waals surface area (Å²) >= 11 is 0. The summed E-state index contributed by atoms with van der Waals surface area (Å²) < 4.78 is 20.7. The number of rotatable bonds is 2. The maximum Gasteiger partial charge on any atom is 0.498 e. The first-order valence-electron chi connectivity index (χ1n) is 9.93. The molecule has 0 bridgehead atoms. The van der Waals surface area contributed by atoms with Crippen molar-refractivity contribution in [2.24, 2.45) is 7.05 Å². The van der Waals surface area contributed by atoms with Gasteiger partial charge >= 0.3 is 7.12 Å². The van der Waals surface area contributed by atoms with E-state index >= 15 is 0 Å². The number of anilines is 1. The molecule has 0 unspecified atom stereocenters. The van der Waals surface area contributed by atoms with E-state index in [2.05, 4.69) is 44.2 Å². The third kappa shape index (κ3) is 2.58. The van der Waals surface area contributed by atoms with Crippen LogP contribution in [0.4, 0.5) is 5.82 Å². The predicted octanol–water partition coefficient (Wildman–Crippen LogP) is 2.43. The normalized spacial score (nSPS) is 23.3. The van der Waals surface area contributed by atoms with E-state index in [1.165, 1.54) is 0 Å². The maximum absolute atomic E-state index is 6.28. The van der Waals surface area contributed by atoms with Crippen LogP contribution in [0.1, 0.15) is 46.2 Å². The zero-order valence-corrected chi connectivity index (χ0v) is 17.4. The van der Waals surface area contributed by atoms with Crippen LogP contribution in [0.2, 0.25) is 0 Å². The molecule has 148 valence electrons. The summed E-state index contributed by atoms with van der Waals surface area (Å²) in [7, 11) is 1.46. The lowest BCUT2D eigenvalue weighted by Gasteiger charge is -2.32. The lowest BCUT2D eigenvalue weighted by molar-refractivity contribution is 0.00578. The topological polar surface area (TPSA) is 70.4 Å². The Morgan fingerprint density at radius 1 is 1.14 bits per heavy atom. The van der Waals surface area contributed by atoms with Crippen molar-refractivity contribution in [2.75, 3.05) is 11.9 Å². The molecule has 2 aromatic heterocycles. The van der Waals surface area contributed by atoms with Crippen LogP contribution in [0.3, 0.4) is 0 Å². The average Bonchev–Trinajstić information content (AvgIpc) is 3.17. The zero-order chi connectivity index (χ0) is 19.9. The van der Waals surface area contributed by atoms with E-state index in [9.17, 15) is 0 Å². The molecule has 0 aromatic carbocycles. The largest absolute Gasteiger partial charge is 0.498 e. The molecule has 2 aromatic rings. The second-order valence-electron chi connectivity index (χ2n) is 9.27. The Kier molecular flexibility index (Phi) is 3.54. The highest BCUT2D eigenvalue weighted by atomic mass is 16.7. The van der Waals surface area contributed by atoms with Crippen molar-refractivity contribution >= 4 is 18.4 Å². The van der Waals surface area contributed by atoms with Crippen LogP contribution in [-0.4, -0.2) is 45.2 Å². The number of pyridine rings is 1. The summed E-state index contributed by atoms with van der Waals surface area (Å²) in [5.74, 6) is 1.63. The molecule has 28 heavy (non-hydrogen) atoms. The molecule has 4 heterocycles. The number of ether oxygens (including phenoxy) is 1. The monoisotopic (exact) mass is 382 g/mol. The molecule has 1 aliphatic carbocycles. The number of aryl methyl sites for hydroxylation is 2. The summed E-state index contributed by atoms with van der Waals surface area (Å²) in [4.78, 5) is 4.77. The fourth-order valence-electron chi connectivity index (χ4n) is 3.89. The molecule has 1 saturated carbocycles. The lowest BCUT2D eigenvalue weighted by atomic mass is 9.77. The Hall–Kier alpha value is -2.06. The molecule has 5 rings (SSSR count). The number of nitrogens with one attached hydrogen (secondary N) is 1. The standard InChI is InChI=1S/C20H27BN4O3/c1-12-13(9-15-17(24-12)22-11-20(26-15)7-8-20)16-14(10-23-25(16)6)21-27-18(2,3)19(4,5)28-21/h9-10H,7-8,11H2,1-6H3,(H,22,24). The van der Waals surface area contributed by atoms with Crippen molar-refractivity contribution in [3.63, 3.8) is 0 Å². The van der Waals surface area contributed by atoms with Crippen molar-refractivity contribution in [3.8, 4) is 17.0 Å². The molecule has 1 saturated heterocycles. The Balaban J connectivity index is 1.57. The van der Waals surface area contributed by atoms with Crippen LogP contribution >= 0.6 is 0 Å². The van der Waals surface area contributed by atoms with Crippen molar-refractivity contribution < 1.29 is 14.0 Å². The molecule has 0 atom stereocenters. The average molecular weight is 382 g/mol. The van der Waals surface area contributed by atoms with E-state index in [4.69, 9.17) is 19.0 Å². The smallest absolute Gasteiger partial charge is 0.482 e. The van der Waals surface area contributed by atoms with Crippen LogP contribution in [0, 0.1) is 6.92 Å². The van der Waals surface area contributed by atoms with Gasteiger partial charge in [0, 0.05) is 30.0 Å².